The van der Waals surface area contributed by atoms with Crippen LogP contribution in [0.15, 0.2) is 42.5 Å². The molecule has 2 heterocycles. The van der Waals surface area contributed by atoms with Crippen LogP contribution < -0.4 is 25.4 Å². The maximum atomic E-state index is 12.3. The SMILES string of the molecule is CC(CNC(=O)CC1(C)NC(=O)NC1=O)c1ccc(-c2ccc3c(c2)OCO3)cc1. The van der Waals surface area contributed by atoms with Crippen LogP contribution >= 0.6 is 0 Å². The van der Waals surface area contributed by atoms with Gasteiger partial charge in [0.05, 0.1) is 6.42 Å². The quantitative estimate of drug-likeness (QED) is 0.635. The van der Waals surface area contributed by atoms with Crippen molar-refractivity contribution in [3.63, 3.8) is 0 Å². The Morgan fingerprint density at radius 2 is 1.80 bits per heavy atom. The van der Waals surface area contributed by atoms with E-state index >= 15 is 0 Å². The smallest absolute Gasteiger partial charge is 0.322 e. The molecule has 4 rings (SSSR count). The zero-order valence-corrected chi connectivity index (χ0v) is 16.8. The molecular formula is C22H23N3O5. The fraction of sp³-hybridized carbons (Fsp3) is 0.318. The Bertz CT molecular complexity index is 1000. The number of imide groups is 1. The lowest BCUT2D eigenvalue weighted by atomic mass is 9.96. The number of benzene rings is 2. The number of ether oxygens (including phenoxy) is 2. The van der Waals surface area contributed by atoms with Crippen molar-refractivity contribution < 1.29 is 23.9 Å². The zero-order chi connectivity index (χ0) is 21.3. The van der Waals surface area contributed by atoms with Crippen LogP contribution in [0.2, 0.25) is 0 Å². The fourth-order valence-corrected chi connectivity index (χ4v) is 3.55. The first-order valence-electron chi connectivity index (χ1n) is 9.74. The third kappa shape index (κ3) is 3.94. The topological polar surface area (TPSA) is 106 Å². The second kappa shape index (κ2) is 7.70. The maximum Gasteiger partial charge on any atom is 0.322 e. The number of carbonyl (C=O) groups is 3. The molecule has 1 fully saturated rings. The number of nitrogens with one attached hydrogen (secondary N) is 3. The minimum atomic E-state index is -1.21. The Balaban J connectivity index is 1.34. The largest absolute Gasteiger partial charge is 0.454 e. The first kappa shape index (κ1) is 19.8. The van der Waals surface area contributed by atoms with Gasteiger partial charge < -0.3 is 20.1 Å². The number of fused-ring (bicyclic) bond motifs is 1. The summed E-state index contributed by atoms with van der Waals surface area (Å²) in [5.74, 6) is 0.796. The summed E-state index contributed by atoms with van der Waals surface area (Å²) in [4.78, 5) is 35.4. The molecule has 0 radical (unpaired) electrons. The summed E-state index contributed by atoms with van der Waals surface area (Å²) in [6.07, 6.45) is -0.111. The number of rotatable bonds is 6. The molecule has 0 aromatic heterocycles. The van der Waals surface area contributed by atoms with Crippen molar-refractivity contribution in [2.24, 2.45) is 0 Å². The van der Waals surface area contributed by atoms with E-state index in [4.69, 9.17) is 9.47 Å². The predicted molar refractivity (Wildman–Crippen MR) is 109 cm³/mol. The van der Waals surface area contributed by atoms with Gasteiger partial charge in [0, 0.05) is 6.54 Å². The molecule has 2 unspecified atom stereocenters. The van der Waals surface area contributed by atoms with Gasteiger partial charge >= 0.3 is 6.03 Å². The van der Waals surface area contributed by atoms with Crippen LogP contribution in [0.25, 0.3) is 11.1 Å². The second-order valence-electron chi connectivity index (χ2n) is 7.81. The predicted octanol–water partition coefficient (Wildman–Crippen LogP) is 2.29. The summed E-state index contributed by atoms with van der Waals surface area (Å²) in [7, 11) is 0. The van der Waals surface area contributed by atoms with E-state index in [2.05, 4.69) is 16.0 Å². The van der Waals surface area contributed by atoms with Gasteiger partial charge in [-0.3, -0.25) is 14.9 Å². The first-order chi connectivity index (χ1) is 14.3. The summed E-state index contributed by atoms with van der Waals surface area (Å²) < 4.78 is 10.8. The summed E-state index contributed by atoms with van der Waals surface area (Å²) in [6, 6.07) is 13.4. The number of urea groups is 1. The highest BCUT2D eigenvalue weighted by atomic mass is 16.7. The molecule has 8 heteroatoms. The van der Waals surface area contributed by atoms with Crippen molar-refractivity contribution in [1.29, 1.82) is 0 Å². The van der Waals surface area contributed by atoms with Gasteiger partial charge in [-0.15, -0.1) is 0 Å². The molecule has 3 N–H and O–H groups in total. The minimum absolute atomic E-state index is 0.0829. The van der Waals surface area contributed by atoms with Gasteiger partial charge in [-0.25, -0.2) is 4.79 Å². The Hall–Kier alpha value is -3.55. The summed E-state index contributed by atoms with van der Waals surface area (Å²) in [5, 5.41) is 7.48. The van der Waals surface area contributed by atoms with Gasteiger partial charge in [-0.1, -0.05) is 37.3 Å². The standard InChI is InChI=1S/C22H23N3O5/c1-13(11-23-19(26)10-22(2)20(27)24-21(28)25-22)14-3-5-15(6-4-14)16-7-8-17-18(9-16)30-12-29-17/h3-9,13H,10-12H2,1-2H3,(H,23,26)(H2,24,25,27,28). The highest BCUT2D eigenvalue weighted by Gasteiger charge is 2.43. The van der Waals surface area contributed by atoms with Crippen molar-refractivity contribution in [3.8, 4) is 22.6 Å². The van der Waals surface area contributed by atoms with Crippen LogP contribution in [0.1, 0.15) is 31.7 Å². The molecule has 2 atom stereocenters. The van der Waals surface area contributed by atoms with Crippen molar-refractivity contribution in [2.45, 2.75) is 31.7 Å². The first-order valence-corrected chi connectivity index (χ1v) is 9.74. The van der Waals surface area contributed by atoms with Gasteiger partial charge in [0.2, 0.25) is 12.7 Å². The van der Waals surface area contributed by atoms with Crippen molar-refractivity contribution in [2.75, 3.05) is 13.3 Å². The van der Waals surface area contributed by atoms with E-state index in [1.807, 2.05) is 49.4 Å². The van der Waals surface area contributed by atoms with E-state index in [1.165, 1.54) is 6.92 Å². The lowest BCUT2D eigenvalue weighted by molar-refractivity contribution is -0.129. The molecule has 0 saturated carbocycles. The molecule has 2 aliphatic rings. The van der Waals surface area contributed by atoms with E-state index < -0.39 is 17.5 Å². The van der Waals surface area contributed by atoms with Gasteiger partial charge in [0.25, 0.3) is 5.91 Å². The third-order valence-electron chi connectivity index (χ3n) is 5.42. The average Bonchev–Trinajstić information content (AvgIpc) is 3.29. The Morgan fingerprint density at radius 1 is 1.10 bits per heavy atom. The summed E-state index contributed by atoms with van der Waals surface area (Å²) in [5.41, 5.74) is 1.97. The number of amides is 4. The number of carbonyl (C=O) groups excluding carboxylic acids is 3. The molecule has 4 amide bonds. The van der Waals surface area contributed by atoms with Crippen LogP contribution in [0.3, 0.4) is 0 Å². The molecule has 0 bridgehead atoms. The molecule has 156 valence electrons. The number of hydrogen-bond acceptors (Lipinski definition) is 5. The molecule has 8 nitrogen and oxygen atoms in total. The maximum absolute atomic E-state index is 12.3. The van der Waals surface area contributed by atoms with Crippen LogP contribution in [-0.4, -0.2) is 36.7 Å². The van der Waals surface area contributed by atoms with Crippen LogP contribution in [0, 0.1) is 0 Å². The Morgan fingerprint density at radius 3 is 2.50 bits per heavy atom. The molecule has 1 saturated heterocycles. The third-order valence-corrected chi connectivity index (χ3v) is 5.42. The Kier molecular flexibility index (Phi) is 5.07. The molecule has 0 spiro atoms. The normalized spacial score (nSPS) is 20.5. The van der Waals surface area contributed by atoms with Crippen molar-refractivity contribution in [1.82, 2.24) is 16.0 Å². The van der Waals surface area contributed by atoms with Gasteiger partial charge in [-0.2, -0.15) is 0 Å². The van der Waals surface area contributed by atoms with Gasteiger partial charge in [0.1, 0.15) is 5.54 Å². The summed E-state index contributed by atoms with van der Waals surface area (Å²) >= 11 is 0. The second-order valence-corrected chi connectivity index (χ2v) is 7.81. The number of hydrogen-bond donors (Lipinski definition) is 3. The van der Waals surface area contributed by atoms with Gasteiger partial charge in [0.15, 0.2) is 11.5 Å². The summed E-state index contributed by atoms with van der Waals surface area (Å²) in [6.45, 7) is 4.22. The molecular weight excluding hydrogens is 386 g/mol. The molecule has 30 heavy (non-hydrogen) atoms. The lowest BCUT2D eigenvalue weighted by Gasteiger charge is -2.20. The molecule has 0 aliphatic carbocycles. The van der Waals surface area contributed by atoms with E-state index in [1.54, 1.807) is 0 Å². The monoisotopic (exact) mass is 409 g/mol. The van der Waals surface area contributed by atoms with Crippen LogP contribution in [0.4, 0.5) is 4.79 Å². The minimum Gasteiger partial charge on any atom is -0.454 e. The van der Waals surface area contributed by atoms with E-state index in [-0.39, 0.29) is 25.0 Å². The zero-order valence-electron chi connectivity index (χ0n) is 16.8. The van der Waals surface area contributed by atoms with Crippen LogP contribution in [0.5, 0.6) is 11.5 Å². The average molecular weight is 409 g/mol. The molecule has 2 aromatic rings. The Labute approximate surface area is 173 Å². The fourth-order valence-electron chi connectivity index (χ4n) is 3.55. The van der Waals surface area contributed by atoms with E-state index in [0.29, 0.717) is 6.54 Å². The molecule has 2 aliphatic heterocycles. The van der Waals surface area contributed by atoms with Crippen molar-refractivity contribution in [3.05, 3.63) is 48.0 Å². The lowest BCUT2D eigenvalue weighted by Crippen LogP contribution is -2.47. The van der Waals surface area contributed by atoms with Crippen LogP contribution in [-0.2, 0) is 9.59 Å². The van der Waals surface area contributed by atoms with Gasteiger partial charge in [-0.05, 0) is 41.7 Å². The van der Waals surface area contributed by atoms with E-state index in [9.17, 15) is 14.4 Å². The highest BCUT2D eigenvalue weighted by Crippen LogP contribution is 2.36. The highest BCUT2D eigenvalue weighted by molar-refractivity contribution is 6.08. The van der Waals surface area contributed by atoms with Crippen molar-refractivity contribution >= 4 is 17.8 Å². The molecule has 2 aromatic carbocycles. The van der Waals surface area contributed by atoms with E-state index in [0.717, 1.165) is 28.2 Å².